The van der Waals surface area contributed by atoms with E-state index in [-0.39, 0.29) is 10.6 Å². The maximum absolute atomic E-state index is 12.3. The lowest BCUT2D eigenvalue weighted by Gasteiger charge is -2.09. The van der Waals surface area contributed by atoms with E-state index >= 15 is 0 Å². The molecule has 2 rings (SSSR count). The Morgan fingerprint density at radius 1 is 1.43 bits per heavy atom. The third-order valence-corrected chi connectivity index (χ3v) is 3.52. The lowest BCUT2D eigenvalue weighted by atomic mass is 10.3. The molecule has 0 saturated heterocycles. The van der Waals surface area contributed by atoms with Gasteiger partial charge in [0.15, 0.2) is 0 Å². The van der Waals surface area contributed by atoms with Crippen LogP contribution >= 0.6 is 11.3 Å². The smallest absolute Gasteiger partial charge is 0.387 e. The number of methoxy groups -OCH3 is 1. The molecule has 0 atom stereocenters. The lowest BCUT2D eigenvalue weighted by Crippen LogP contribution is -2.13. The predicted octanol–water partition coefficient (Wildman–Crippen LogP) is 3.31. The molecule has 0 saturated carbocycles. The molecule has 0 aliphatic heterocycles. The summed E-state index contributed by atoms with van der Waals surface area (Å²) in [6.45, 7) is -1.29. The Balaban J connectivity index is 2.24. The summed E-state index contributed by atoms with van der Waals surface area (Å²) in [5, 5.41) is 2.56. The molecule has 2 heterocycles. The average molecular weight is 314 g/mol. The highest BCUT2D eigenvalue weighted by Crippen LogP contribution is 2.32. The van der Waals surface area contributed by atoms with Gasteiger partial charge in [-0.25, -0.2) is 0 Å². The fourth-order valence-corrected chi connectivity index (χ4v) is 2.50. The van der Waals surface area contributed by atoms with Crippen molar-refractivity contribution in [2.24, 2.45) is 0 Å². The molecule has 112 valence electrons. The van der Waals surface area contributed by atoms with Crippen molar-refractivity contribution in [1.29, 1.82) is 0 Å². The van der Waals surface area contributed by atoms with Crippen LogP contribution in [0, 0.1) is 6.92 Å². The second-order valence-corrected chi connectivity index (χ2v) is 5.22. The first kappa shape index (κ1) is 15.2. The minimum absolute atomic E-state index is 0.0682. The van der Waals surface area contributed by atoms with Crippen molar-refractivity contribution in [3.63, 3.8) is 0 Å². The zero-order chi connectivity index (χ0) is 15.4. The van der Waals surface area contributed by atoms with Crippen LogP contribution in [0.3, 0.4) is 0 Å². The van der Waals surface area contributed by atoms with Crippen molar-refractivity contribution >= 4 is 22.9 Å². The van der Waals surface area contributed by atoms with Gasteiger partial charge < -0.3 is 14.8 Å². The highest BCUT2D eigenvalue weighted by molar-refractivity contribution is 7.14. The molecule has 0 unspecified atom stereocenters. The maximum atomic E-state index is 12.3. The Labute approximate surface area is 123 Å². The van der Waals surface area contributed by atoms with Crippen LogP contribution in [0.2, 0.25) is 0 Å². The van der Waals surface area contributed by atoms with Gasteiger partial charge in [-0.05, 0) is 13.0 Å². The standard InChI is InChI=1S/C13H12F2N2O3S/c1-7-5-10(20-13(14)15)11(21-7)12(18)17-8-6-16-4-3-9(8)19-2/h3-6,13H,1-2H3,(H,17,18). The highest BCUT2D eigenvalue weighted by Gasteiger charge is 2.20. The molecule has 2 aromatic rings. The number of aromatic nitrogens is 1. The number of hydrogen-bond donors (Lipinski definition) is 1. The summed E-state index contributed by atoms with van der Waals surface area (Å²) in [6, 6.07) is 2.97. The van der Waals surface area contributed by atoms with Crippen molar-refractivity contribution in [3.8, 4) is 11.5 Å². The molecule has 21 heavy (non-hydrogen) atoms. The number of aryl methyl sites for hydroxylation is 1. The van der Waals surface area contributed by atoms with E-state index in [0.717, 1.165) is 11.3 Å². The van der Waals surface area contributed by atoms with Crippen LogP contribution in [0.4, 0.5) is 14.5 Å². The number of halogens is 2. The number of alkyl halides is 2. The van der Waals surface area contributed by atoms with Crippen LogP contribution in [-0.4, -0.2) is 24.6 Å². The quantitative estimate of drug-likeness (QED) is 0.920. The van der Waals surface area contributed by atoms with Crippen molar-refractivity contribution in [2.75, 3.05) is 12.4 Å². The van der Waals surface area contributed by atoms with Crippen molar-refractivity contribution in [3.05, 3.63) is 34.3 Å². The predicted molar refractivity (Wildman–Crippen MR) is 74.4 cm³/mol. The maximum Gasteiger partial charge on any atom is 0.387 e. The van der Waals surface area contributed by atoms with Crippen molar-refractivity contribution < 1.29 is 23.0 Å². The molecule has 8 heteroatoms. The van der Waals surface area contributed by atoms with E-state index in [1.807, 2.05) is 0 Å². The van der Waals surface area contributed by atoms with E-state index in [2.05, 4.69) is 15.0 Å². The third kappa shape index (κ3) is 3.66. The second-order valence-electron chi connectivity index (χ2n) is 3.96. The number of pyridine rings is 1. The SMILES string of the molecule is COc1ccncc1NC(=O)c1sc(C)cc1OC(F)F. The zero-order valence-corrected chi connectivity index (χ0v) is 12.0. The van der Waals surface area contributed by atoms with Crippen LogP contribution in [0.5, 0.6) is 11.5 Å². The zero-order valence-electron chi connectivity index (χ0n) is 11.2. The average Bonchev–Trinajstić information content (AvgIpc) is 2.79. The molecule has 0 aliphatic carbocycles. The Kier molecular flexibility index (Phi) is 4.69. The Hall–Kier alpha value is -2.22. The third-order valence-electron chi connectivity index (χ3n) is 2.49. The van der Waals surface area contributed by atoms with Gasteiger partial charge in [0.05, 0.1) is 13.3 Å². The Bertz CT molecular complexity index is 646. The second kappa shape index (κ2) is 6.49. The van der Waals surface area contributed by atoms with E-state index in [1.165, 1.54) is 25.6 Å². The molecule has 0 bridgehead atoms. The first-order valence-electron chi connectivity index (χ1n) is 5.86. The monoisotopic (exact) mass is 314 g/mol. The molecule has 2 aromatic heterocycles. The summed E-state index contributed by atoms with van der Waals surface area (Å²) in [6.07, 6.45) is 2.92. The van der Waals surface area contributed by atoms with Crippen molar-refractivity contribution in [2.45, 2.75) is 13.5 Å². The van der Waals surface area contributed by atoms with Crippen LogP contribution in [0.25, 0.3) is 0 Å². The molecular weight excluding hydrogens is 302 g/mol. The number of carbonyl (C=O) groups excluding carboxylic acids is 1. The van der Waals surface area contributed by atoms with Crippen molar-refractivity contribution in [1.82, 2.24) is 4.98 Å². The number of anilines is 1. The number of ether oxygens (including phenoxy) is 2. The molecule has 1 amide bonds. The number of thiophene rings is 1. The van der Waals surface area contributed by atoms with Gasteiger partial charge in [-0.3, -0.25) is 9.78 Å². The molecule has 0 fully saturated rings. The van der Waals surface area contributed by atoms with Crippen LogP contribution in [0.15, 0.2) is 24.5 Å². The Morgan fingerprint density at radius 2 is 2.19 bits per heavy atom. The first-order valence-corrected chi connectivity index (χ1v) is 6.67. The van der Waals surface area contributed by atoms with Gasteiger partial charge in [-0.15, -0.1) is 11.3 Å². The van der Waals surface area contributed by atoms with Gasteiger partial charge in [-0.1, -0.05) is 0 Å². The van der Waals surface area contributed by atoms with E-state index in [0.29, 0.717) is 16.3 Å². The molecule has 0 aliphatic rings. The van der Waals surface area contributed by atoms with E-state index < -0.39 is 12.5 Å². The Morgan fingerprint density at radius 3 is 2.86 bits per heavy atom. The molecule has 5 nitrogen and oxygen atoms in total. The summed E-state index contributed by atoms with van der Waals surface area (Å²) in [5.41, 5.74) is 0.346. The molecular formula is C13H12F2N2O3S. The lowest BCUT2D eigenvalue weighted by molar-refractivity contribution is -0.0498. The summed E-state index contributed by atoms with van der Waals surface area (Å²) in [4.78, 5) is 16.8. The molecule has 0 radical (unpaired) electrons. The molecule has 0 aromatic carbocycles. The van der Waals surface area contributed by atoms with Crippen LogP contribution in [0.1, 0.15) is 14.5 Å². The largest absolute Gasteiger partial charge is 0.494 e. The number of hydrogen-bond acceptors (Lipinski definition) is 5. The number of rotatable bonds is 5. The minimum atomic E-state index is -2.99. The first-order chi connectivity index (χ1) is 10.0. The van der Waals surface area contributed by atoms with E-state index in [1.54, 1.807) is 13.0 Å². The van der Waals surface area contributed by atoms with Crippen LogP contribution in [-0.2, 0) is 0 Å². The number of nitrogens with zero attached hydrogens (tertiary/aromatic N) is 1. The van der Waals surface area contributed by atoms with Gasteiger partial charge in [-0.2, -0.15) is 8.78 Å². The normalized spacial score (nSPS) is 10.5. The number of amides is 1. The summed E-state index contributed by atoms with van der Waals surface area (Å²) >= 11 is 1.07. The molecule has 1 N–H and O–H groups in total. The number of carbonyl (C=O) groups is 1. The van der Waals surface area contributed by atoms with E-state index in [4.69, 9.17) is 4.74 Å². The van der Waals surface area contributed by atoms with Gasteiger partial charge in [0.1, 0.15) is 22.1 Å². The topological polar surface area (TPSA) is 60.5 Å². The van der Waals surface area contributed by atoms with Gasteiger partial charge >= 0.3 is 6.61 Å². The molecule has 0 spiro atoms. The van der Waals surface area contributed by atoms with Gasteiger partial charge in [0, 0.05) is 17.1 Å². The highest BCUT2D eigenvalue weighted by atomic mass is 32.1. The summed E-state index contributed by atoms with van der Waals surface area (Å²) < 4.78 is 34.1. The number of nitrogens with one attached hydrogen (secondary N) is 1. The summed E-state index contributed by atoms with van der Waals surface area (Å²) in [5.74, 6) is -0.286. The minimum Gasteiger partial charge on any atom is -0.494 e. The van der Waals surface area contributed by atoms with Gasteiger partial charge in [0.2, 0.25) is 0 Å². The van der Waals surface area contributed by atoms with Gasteiger partial charge in [0.25, 0.3) is 5.91 Å². The van der Waals surface area contributed by atoms with Crippen LogP contribution < -0.4 is 14.8 Å². The fraction of sp³-hybridized carbons (Fsp3) is 0.231. The fourth-order valence-electron chi connectivity index (χ4n) is 1.67. The summed E-state index contributed by atoms with van der Waals surface area (Å²) in [7, 11) is 1.45. The van der Waals surface area contributed by atoms with E-state index in [9.17, 15) is 13.6 Å².